The number of hydrogen-bond donors (Lipinski definition) is 0. The van der Waals surface area contributed by atoms with E-state index < -0.39 is 0 Å². The molecular formula is C15H23BrO3. The number of allylic oxidation sites excluding steroid dienone is 3. The van der Waals surface area contributed by atoms with Crippen molar-refractivity contribution in [2.75, 3.05) is 13.2 Å². The van der Waals surface area contributed by atoms with E-state index in [2.05, 4.69) is 36.4 Å². The van der Waals surface area contributed by atoms with Crippen LogP contribution in [-0.4, -0.2) is 19.5 Å². The third kappa shape index (κ3) is 9.54. The molecule has 3 nitrogen and oxygen atoms in total. The molecule has 0 bridgehead atoms. The van der Waals surface area contributed by atoms with Crippen molar-refractivity contribution < 1.29 is 14.3 Å². The minimum absolute atomic E-state index is 0.441. The zero-order valence-corrected chi connectivity index (χ0v) is 13.4. The molecule has 0 saturated carbocycles. The van der Waals surface area contributed by atoms with E-state index in [1.807, 2.05) is 0 Å². The number of halogens is 1. The molecule has 0 rings (SSSR count). The molecule has 0 aromatic rings. The monoisotopic (exact) mass is 330 g/mol. The molecule has 0 saturated heterocycles. The molecule has 0 amide bonds. The lowest BCUT2D eigenvalue weighted by atomic mass is 10.3. The Morgan fingerprint density at radius 2 is 1.84 bits per heavy atom. The van der Waals surface area contributed by atoms with Crippen LogP contribution >= 0.6 is 15.9 Å². The van der Waals surface area contributed by atoms with Crippen LogP contribution in [0.25, 0.3) is 0 Å². The summed E-state index contributed by atoms with van der Waals surface area (Å²) in [6.07, 6.45) is 7.97. The summed E-state index contributed by atoms with van der Waals surface area (Å²) in [5, 5.41) is 0. The van der Waals surface area contributed by atoms with Crippen LogP contribution in [-0.2, 0) is 14.3 Å². The van der Waals surface area contributed by atoms with Gasteiger partial charge in [-0.15, -0.1) is 0 Å². The molecule has 0 aliphatic carbocycles. The average molecular weight is 331 g/mol. The summed E-state index contributed by atoms with van der Waals surface area (Å²) in [4.78, 5) is 11.0. The van der Waals surface area contributed by atoms with Crippen LogP contribution in [0.4, 0.5) is 0 Å². The van der Waals surface area contributed by atoms with Crippen LogP contribution in [0, 0.1) is 0 Å². The van der Waals surface area contributed by atoms with Gasteiger partial charge in [-0.1, -0.05) is 33.3 Å². The zero-order valence-electron chi connectivity index (χ0n) is 11.8. The quantitative estimate of drug-likeness (QED) is 0.184. The Morgan fingerprint density at radius 3 is 2.42 bits per heavy atom. The standard InChI is InChI=1S/C15H23BrO3/c1-4-6-8-18-12-14(11-17)15(16)10-13(3)19-9-7-5-2/h10-12H,3-9H2,1-2H3/b14-12+,15-10+. The topological polar surface area (TPSA) is 35.5 Å². The SMILES string of the molecule is C=C(/C=C(Br)\C(C=O)=C\OCCCC)OCCCC. The highest BCUT2D eigenvalue weighted by Gasteiger charge is 2.02. The van der Waals surface area contributed by atoms with E-state index in [-0.39, 0.29) is 0 Å². The fourth-order valence-electron chi connectivity index (χ4n) is 1.13. The first-order valence-corrected chi connectivity index (χ1v) is 7.41. The Kier molecular flexibility index (Phi) is 11.4. The summed E-state index contributed by atoms with van der Waals surface area (Å²) >= 11 is 3.32. The van der Waals surface area contributed by atoms with Gasteiger partial charge in [0.1, 0.15) is 5.76 Å². The lowest BCUT2D eigenvalue weighted by Crippen LogP contribution is -1.94. The number of ether oxygens (including phenoxy) is 2. The van der Waals surface area contributed by atoms with Crippen LogP contribution in [0.1, 0.15) is 39.5 Å². The first kappa shape index (κ1) is 18.0. The number of carbonyl (C=O) groups excluding carboxylic acids is 1. The minimum atomic E-state index is 0.441. The molecule has 4 heteroatoms. The van der Waals surface area contributed by atoms with Crippen molar-refractivity contribution >= 4 is 22.2 Å². The van der Waals surface area contributed by atoms with E-state index >= 15 is 0 Å². The first-order chi connectivity index (χ1) is 9.15. The van der Waals surface area contributed by atoms with Crippen LogP contribution < -0.4 is 0 Å². The van der Waals surface area contributed by atoms with Crippen molar-refractivity contribution in [1.29, 1.82) is 0 Å². The highest BCUT2D eigenvalue weighted by molar-refractivity contribution is 9.12. The van der Waals surface area contributed by atoms with Gasteiger partial charge in [-0.05, 0) is 34.8 Å². The van der Waals surface area contributed by atoms with Gasteiger partial charge in [0, 0.05) is 4.48 Å². The van der Waals surface area contributed by atoms with E-state index in [0.29, 0.717) is 29.0 Å². The van der Waals surface area contributed by atoms with Gasteiger partial charge < -0.3 is 9.47 Å². The molecule has 0 aromatic heterocycles. The molecule has 0 aromatic carbocycles. The molecule has 0 aliphatic heterocycles. The molecule has 19 heavy (non-hydrogen) atoms. The van der Waals surface area contributed by atoms with Crippen LogP contribution in [0.2, 0.25) is 0 Å². The fourth-order valence-corrected chi connectivity index (χ4v) is 1.57. The van der Waals surface area contributed by atoms with Crippen LogP contribution in [0.5, 0.6) is 0 Å². The Balaban J connectivity index is 4.34. The molecule has 0 atom stereocenters. The van der Waals surface area contributed by atoms with E-state index in [9.17, 15) is 4.79 Å². The van der Waals surface area contributed by atoms with Gasteiger partial charge >= 0.3 is 0 Å². The number of aldehydes is 1. The van der Waals surface area contributed by atoms with Crippen molar-refractivity contribution in [3.8, 4) is 0 Å². The predicted molar refractivity (Wildman–Crippen MR) is 82.0 cm³/mol. The molecule has 0 unspecified atom stereocenters. The fraction of sp³-hybridized carbons (Fsp3) is 0.533. The van der Waals surface area contributed by atoms with Crippen molar-refractivity contribution in [3.63, 3.8) is 0 Å². The normalized spacial score (nSPS) is 12.2. The zero-order chi connectivity index (χ0) is 14.5. The molecule has 0 N–H and O–H groups in total. The summed E-state index contributed by atoms with van der Waals surface area (Å²) in [6, 6.07) is 0. The Labute approximate surface area is 124 Å². The highest BCUT2D eigenvalue weighted by Crippen LogP contribution is 2.18. The smallest absolute Gasteiger partial charge is 0.154 e. The lowest BCUT2D eigenvalue weighted by molar-refractivity contribution is -0.104. The molecular weight excluding hydrogens is 308 g/mol. The van der Waals surface area contributed by atoms with Crippen molar-refractivity contribution in [1.82, 2.24) is 0 Å². The van der Waals surface area contributed by atoms with Crippen LogP contribution in [0.15, 0.2) is 34.7 Å². The van der Waals surface area contributed by atoms with Crippen molar-refractivity contribution in [2.45, 2.75) is 39.5 Å². The van der Waals surface area contributed by atoms with E-state index in [0.717, 1.165) is 32.0 Å². The molecule has 0 heterocycles. The summed E-state index contributed by atoms with van der Waals surface area (Å²) in [5.74, 6) is 0.529. The summed E-state index contributed by atoms with van der Waals surface area (Å²) < 4.78 is 11.3. The van der Waals surface area contributed by atoms with Crippen LogP contribution in [0.3, 0.4) is 0 Å². The van der Waals surface area contributed by atoms with E-state index in [1.54, 1.807) is 6.08 Å². The molecule has 0 spiro atoms. The van der Waals surface area contributed by atoms with Gasteiger partial charge in [0.05, 0.1) is 25.0 Å². The molecule has 0 radical (unpaired) electrons. The maximum atomic E-state index is 11.0. The van der Waals surface area contributed by atoms with Gasteiger partial charge in [-0.3, -0.25) is 4.79 Å². The second-order valence-corrected chi connectivity index (χ2v) is 4.93. The summed E-state index contributed by atoms with van der Waals surface area (Å²) in [5.41, 5.74) is 0.441. The number of unbranched alkanes of at least 4 members (excludes halogenated alkanes) is 2. The largest absolute Gasteiger partial charge is 0.500 e. The summed E-state index contributed by atoms with van der Waals surface area (Å²) in [7, 11) is 0. The van der Waals surface area contributed by atoms with Gasteiger partial charge in [0.15, 0.2) is 6.29 Å². The number of carbonyl (C=O) groups is 1. The van der Waals surface area contributed by atoms with Crippen molar-refractivity contribution in [2.24, 2.45) is 0 Å². The van der Waals surface area contributed by atoms with Gasteiger partial charge in [0.25, 0.3) is 0 Å². The number of hydrogen-bond acceptors (Lipinski definition) is 3. The van der Waals surface area contributed by atoms with Gasteiger partial charge in [0.2, 0.25) is 0 Å². The Hall–Kier alpha value is -1.03. The summed E-state index contributed by atoms with van der Waals surface area (Å²) in [6.45, 7) is 9.21. The maximum absolute atomic E-state index is 11.0. The third-order valence-corrected chi connectivity index (χ3v) is 2.99. The van der Waals surface area contributed by atoms with Gasteiger partial charge in [-0.25, -0.2) is 0 Å². The second-order valence-electron chi connectivity index (χ2n) is 4.08. The highest BCUT2D eigenvalue weighted by atomic mass is 79.9. The second kappa shape index (κ2) is 12.0. The van der Waals surface area contributed by atoms with Crippen molar-refractivity contribution in [3.05, 3.63) is 34.7 Å². The predicted octanol–water partition coefficient (Wildman–Crippen LogP) is 4.50. The Bertz CT molecular complexity index is 332. The average Bonchev–Trinajstić information content (AvgIpc) is 2.39. The minimum Gasteiger partial charge on any atom is -0.500 e. The third-order valence-electron chi connectivity index (χ3n) is 2.30. The molecule has 108 valence electrons. The first-order valence-electron chi connectivity index (χ1n) is 6.61. The van der Waals surface area contributed by atoms with E-state index in [4.69, 9.17) is 9.47 Å². The molecule has 0 fully saturated rings. The number of rotatable bonds is 11. The maximum Gasteiger partial charge on any atom is 0.154 e. The Morgan fingerprint density at radius 1 is 1.21 bits per heavy atom. The molecule has 0 aliphatic rings. The van der Waals surface area contributed by atoms with E-state index in [1.165, 1.54) is 6.26 Å². The lowest BCUT2D eigenvalue weighted by Gasteiger charge is -2.06. The van der Waals surface area contributed by atoms with Gasteiger partial charge in [-0.2, -0.15) is 0 Å².